The van der Waals surface area contributed by atoms with Crippen molar-refractivity contribution < 1.29 is 26.3 Å². The molecular weight excluding hydrogens is 407 g/mol. The van der Waals surface area contributed by atoms with Gasteiger partial charge >= 0.3 is 12.4 Å². The molecule has 3 nitrogen and oxygen atoms in total. The molecule has 0 saturated carbocycles. The zero-order chi connectivity index (χ0) is 19.4. The number of benzene rings is 1. The van der Waals surface area contributed by atoms with Gasteiger partial charge in [-0.3, -0.25) is 0 Å². The quantitative estimate of drug-likeness (QED) is 0.453. The molecule has 0 aliphatic rings. The number of aromatic nitrogens is 3. The van der Waals surface area contributed by atoms with Crippen molar-refractivity contribution in [2.75, 3.05) is 0 Å². The minimum absolute atomic E-state index is 0.0177. The van der Waals surface area contributed by atoms with Gasteiger partial charge in [0.1, 0.15) is 5.69 Å². The lowest BCUT2D eigenvalue weighted by atomic mass is 10.1. The Hall–Kier alpha value is -2.00. The molecule has 0 fully saturated rings. The van der Waals surface area contributed by atoms with Gasteiger partial charge in [0.05, 0.1) is 32.4 Å². The van der Waals surface area contributed by atoms with Crippen molar-refractivity contribution in [1.29, 1.82) is 0 Å². The van der Waals surface area contributed by atoms with Crippen LogP contribution in [0.3, 0.4) is 0 Å². The van der Waals surface area contributed by atoms with E-state index >= 15 is 0 Å². The fraction of sp³-hybridized carbons (Fsp3) is 0.200. The summed E-state index contributed by atoms with van der Waals surface area (Å²) < 4.78 is 80.0. The second-order valence-electron chi connectivity index (χ2n) is 5.34. The van der Waals surface area contributed by atoms with Crippen LogP contribution < -0.4 is 0 Å². The highest BCUT2D eigenvalue weighted by molar-refractivity contribution is 6.42. The number of rotatable bonds is 1. The molecule has 11 heteroatoms. The molecule has 0 amide bonds. The van der Waals surface area contributed by atoms with Crippen LogP contribution in [0.2, 0.25) is 10.0 Å². The largest absolute Gasteiger partial charge is 0.433 e. The number of nitrogens with zero attached hydrogens (tertiary/aromatic N) is 3. The van der Waals surface area contributed by atoms with Gasteiger partial charge in [0.2, 0.25) is 0 Å². The maximum Gasteiger partial charge on any atom is 0.433 e. The zero-order valence-corrected chi connectivity index (χ0v) is 14.2. The second-order valence-corrected chi connectivity index (χ2v) is 6.16. The van der Waals surface area contributed by atoms with E-state index in [9.17, 15) is 26.3 Å². The molecule has 26 heavy (non-hydrogen) atoms. The highest BCUT2D eigenvalue weighted by Crippen LogP contribution is 2.40. The predicted molar refractivity (Wildman–Crippen MR) is 83.6 cm³/mol. The molecule has 138 valence electrons. The summed E-state index contributed by atoms with van der Waals surface area (Å²) in [7, 11) is 0. The fourth-order valence-electron chi connectivity index (χ4n) is 2.45. The Bertz CT molecular complexity index is 1010. The van der Waals surface area contributed by atoms with Crippen LogP contribution >= 0.6 is 23.2 Å². The van der Waals surface area contributed by atoms with Crippen LogP contribution in [0.15, 0.2) is 24.3 Å². The van der Waals surface area contributed by atoms with Crippen LogP contribution in [0.5, 0.6) is 0 Å². The van der Waals surface area contributed by atoms with Gasteiger partial charge in [-0.05, 0) is 31.2 Å². The highest BCUT2D eigenvalue weighted by Gasteiger charge is 2.40. The lowest BCUT2D eigenvalue weighted by Gasteiger charge is -2.13. The predicted octanol–water partition coefficient (Wildman–Crippen LogP) is 6.07. The van der Waals surface area contributed by atoms with Crippen molar-refractivity contribution in [3.05, 3.63) is 51.3 Å². The number of aryl methyl sites for hydroxylation is 1. The standard InChI is InChI=1S/C15H7Cl2F6N3/c1-6-12-8(14(18,19)20)5-11(15(21,22)23)24-13(12)26(25-6)7-2-3-9(16)10(17)4-7/h2-5H,1H3. The van der Waals surface area contributed by atoms with E-state index in [-0.39, 0.29) is 27.5 Å². The van der Waals surface area contributed by atoms with E-state index in [1.807, 2.05) is 0 Å². The number of halogens is 8. The van der Waals surface area contributed by atoms with E-state index in [0.29, 0.717) is 0 Å². The van der Waals surface area contributed by atoms with Crippen molar-refractivity contribution in [1.82, 2.24) is 14.8 Å². The van der Waals surface area contributed by atoms with Gasteiger partial charge in [0.25, 0.3) is 0 Å². The molecule has 3 rings (SSSR count). The van der Waals surface area contributed by atoms with Crippen LogP contribution in [0, 0.1) is 6.92 Å². The fourth-order valence-corrected chi connectivity index (χ4v) is 2.75. The molecule has 1 aromatic carbocycles. The van der Waals surface area contributed by atoms with E-state index in [2.05, 4.69) is 10.1 Å². The van der Waals surface area contributed by atoms with Crippen LogP contribution in [0.25, 0.3) is 16.7 Å². The van der Waals surface area contributed by atoms with E-state index < -0.39 is 34.6 Å². The first-order valence-corrected chi connectivity index (χ1v) is 7.65. The Morgan fingerprint density at radius 1 is 0.923 bits per heavy atom. The van der Waals surface area contributed by atoms with Crippen LogP contribution in [0.1, 0.15) is 17.0 Å². The first-order chi connectivity index (χ1) is 11.9. The van der Waals surface area contributed by atoms with Crippen molar-refractivity contribution in [3.63, 3.8) is 0 Å². The third-order valence-electron chi connectivity index (χ3n) is 3.56. The normalized spacial score (nSPS) is 12.8. The summed E-state index contributed by atoms with van der Waals surface area (Å²) in [6.07, 6.45) is -10.1. The van der Waals surface area contributed by atoms with Gasteiger partial charge in [0, 0.05) is 0 Å². The Kier molecular flexibility index (Phi) is 4.35. The topological polar surface area (TPSA) is 30.7 Å². The summed E-state index contributed by atoms with van der Waals surface area (Å²) in [5, 5.41) is 3.63. The number of alkyl halides is 6. The van der Waals surface area contributed by atoms with Crippen LogP contribution in [-0.2, 0) is 12.4 Å². The maximum atomic E-state index is 13.3. The Morgan fingerprint density at radius 2 is 1.58 bits per heavy atom. The molecule has 0 atom stereocenters. The summed E-state index contributed by atoms with van der Waals surface area (Å²) in [6.45, 7) is 1.25. The van der Waals surface area contributed by atoms with E-state index in [1.165, 1.54) is 25.1 Å². The van der Waals surface area contributed by atoms with E-state index in [0.717, 1.165) is 4.68 Å². The van der Waals surface area contributed by atoms with Crippen molar-refractivity contribution in [2.24, 2.45) is 0 Å². The molecule has 0 spiro atoms. The van der Waals surface area contributed by atoms with Crippen LogP contribution in [-0.4, -0.2) is 14.8 Å². The van der Waals surface area contributed by atoms with E-state index in [4.69, 9.17) is 23.2 Å². The van der Waals surface area contributed by atoms with Gasteiger partial charge in [-0.1, -0.05) is 23.2 Å². The van der Waals surface area contributed by atoms with Gasteiger partial charge in [0.15, 0.2) is 5.65 Å². The SMILES string of the molecule is Cc1nn(-c2ccc(Cl)c(Cl)c2)c2nc(C(F)(F)F)cc(C(F)(F)F)c12. The smallest absolute Gasteiger partial charge is 0.223 e. The van der Waals surface area contributed by atoms with Crippen molar-refractivity contribution in [2.45, 2.75) is 19.3 Å². The Morgan fingerprint density at radius 3 is 2.12 bits per heavy atom. The summed E-state index contributed by atoms with van der Waals surface area (Å²) in [5.41, 5.74) is -3.71. The third kappa shape index (κ3) is 3.21. The zero-order valence-electron chi connectivity index (χ0n) is 12.7. The summed E-state index contributed by atoms with van der Waals surface area (Å²) >= 11 is 11.7. The average Bonchev–Trinajstić information content (AvgIpc) is 2.84. The molecular formula is C15H7Cl2F6N3. The first-order valence-electron chi connectivity index (χ1n) is 6.90. The monoisotopic (exact) mass is 413 g/mol. The molecule has 0 aliphatic heterocycles. The summed E-state index contributed by atoms with van der Waals surface area (Å²) in [5.74, 6) is 0. The van der Waals surface area contributed by atoms with Crippen LogP contribution in [0.4, 0.5) is 26.3 Å². The van der Waals surface area contributed by atoms with E-state index in [1.54, 1.807) is 0 Å². The molecule has 0 bridgehead atoms. The van der Waals surface area contributed by atoms with Gasteiger partial charge in [-0.25, -0.2) is 9.67 Å². The van der Waals surface area contributed by atoms with Gasteiger partial charge in [-0.15, -0.1) is 0 Å². The Balaban J connectivity index is 2.41. The summed E-state index contributed by atoms with van der Waals surface area (Å²) in [6, 6.07) is 3.96. The lowest BCUT2D eigenvalue weighted by Crippen LogP contribution is -2.14. The first kappa shape index (κ1) is 18.8. The summed E-state index contributed by atoms with van der Waals surface area (Å²) in [4.78, 5) is 3.37. The minimum Gasteiger partial charge on any atom is -0.223 e. The average molecular weight is 414 g/mol. The van der Waals surface area contributed by atoms with Crippen molar-refractivity contribution in [3.8, 4) is 5.69 Å². The number of pyridine rings is 1. The maximum absolute atomic E-state index is 13.3. The highest BCUT2D eigenvalue weighted by atomic mass is 35.5. The van der Waals surface area contributed by atoms with Crippen molar-refractivity contribution >= 4 is 34.2 Å². The number of fused-ring (bicyclic) bond motifs is 1. The molecule has 0 aliphatic carbocycles. The molecule has 2 heterocycles. The van der Waals surface area contributed by atoms with Gasteiger partial charge < -0.3 is 0 Å². The molecule has 0 radical (unpaired) electrons. The van der Waals surface area contributed by atoms with Gasteiger partial charge in [-0.2, -0.15) is 31.4 Å². The third-order valence-corrected chi connectivity index (χ3v) is 4.30. The molecule has 0 saturated heterocycles. The molecule has 2 aromatic heterocycles. The number of hydrogen-bond acceptors (Lipinski definition) is 2. The lowest BCUT2D eigenvalue weighted by molar-refractivity contribution is -0.144. The minimum atomic E-state index is -5.06. The second kappa shape index (κ2) is 6.02. The molecule has 0 N–H and O–H groups in total. The Labute approximate surface area is 152 Å². The molecule has 0 unspecified atom stereocenters. The number of hydrogen-bond donors (Lipinski definition) is 0. The molecule has 3 aromatic rings.